The number of nitrogens with zero attached hydrogens (tertiary/aromatic N) is 2. The summed E-state index contributed by atoms with van der Waals surface area (Å²) < 4.78 is 10.7. The number of pyridine rings is 2. The topological polar surface area (TPSA) is 106 Å². The van der Waals surface area contributed by atoms with E-state index in [4.69, 9.17) is 31.8 Å². The Kier molecular flexibility index (Phi) is 9.19. The van der Waals surface area contributed by atoms with Gasteiger partial charge in [-0.15, -0.1) is 0 Å². The molecule has 1 saturated carbocycles. The van der Waals surface area contributed by atoms with Crippen LogP contribution in [0.1, 0.15) is 45.4 Å². The molecule has 1 saturated heterocycles. The average molecular weight is 503 g/mol. The Balaban J connectivity index is 1.36. The molecule has 0 amide bonds. The number of methoxy groups -OCH3 is 1. The summed E-state index contributed by atoms with van der Waals surface area (Å²) >= 11 is 6.54. The van der Waals surface area contributed by atoms with Crippen LogP contribution in [0.2, 0.25) is 5.02 Å². The van der Waals surface area contributed by atoms with Crippen LogP contribution in [0.3, 0.4) is 0 Å². The highest BCUT2D eigenvalue weighted by atomic mass is 35.5. The summed E-state index contributed by atoms with van der Waals surface area (Å²) in [6, 6.07) is 9.23. The van der Waals surface area contributed by atoms with E-state index in [9.17, 15) is 0 Å². The third-order valence-corrected chi connectivity index (χ3v) is 7.31. The number of anilines is 2. The van der Waals surface area contributed by atoms with Gasteiger partial charge in [-0.3, -0.25) is 0 Å². The standard InChI is InChI=1S/C26H39ClN6O2/c1-18(16-34-2)31-19-6-8-20(9-7-19)32-25-14-21(22(27)15-29-25)23-4-3-5-24(33-23)30-17-26(28)10-12-35-13-11-26/h3-5,14-15,18-20,31H,6-13,16-17,28H2,1-2H3,(H,29,32)(H,30,33)/t18-,19?,20?/m1/s1. The highest BCUT2D eigenvalue weighted by Crippen LogP contribution is 2.30. The van der Waals surface area contributed by atoms with Crippen molar-refractivity contribution in [2.45, 2.75) is 69.1 Å². The van der Waals surface area contributed by atoms with E-state index in [1.807, 2.05) is 24.3 Å². The SMILES string of the molecule is COC[C@@H](C)NC1CCC(Nc2cc(-c3cccc(NCC4(N)CCOCC4)n3)c(Cl)cn2)CC1. The second-order valence-corrected chi connectivity index (χ2v) is 10.4. The fourth-order valence-electron chi connectivity index (χ4n) is 4.93. The van der Waals surface area contributed by atoms with Gasteiger partial charge in [0.05, 0.1) is 17.3 Å². The minimum atomic E-state index is -0.266. The van der Waals surface area contributed by atoms with Crippen LogP contribution in [-0.4, -0.2) is 67.1 Å². The lowest BCUT2D eigenvalue weighted by atomic mass is 9.90. The van der Waals surface area contributed by atoms with Gasteiger partial charge in [0.15, 0.2) is 0 Å². The van der Waals surface area contributed by atoms with E-state index in [1.54, 1.807) is 13.3 Å². The molecule has 0 radical (unpaired) electrons. The molecule has 0 aromatic carbocycles. The summed E-state index contributed by atoms with van der Waals surface area (Å²) in [6.45, 7) is 4.98. The van der Waals surface area contributed by atoms with Gasteiger partial charge >= 0.3 is 0 Å². The summed E-state index contributed by atoms with van der Waals surface area (Å²) in [5.41, 5.74) is 7.93. The molecule has 2 aliphatic rings. The zero-order valence-electron chi connectivity index (χ0n) is 20.9. The zero-order chi connectivity index (χ0) is 24.7. The molecule has 35 heavy (non-hydrogen) atoms. The molecule has 0 bridgehead atoms. The molecule has 0 unspecified atom stereocenters. The summed E-state index contributed by atoms with van der Waals surface area (Å²) in [5, 5.41) is 11.3. The first-order chi connectivity index (χ1) is 16.9. The third-order valence-electron chi connectivity index (χ3n) is 7.01. The van der Waals surface area contributed by atoms with Gasteiger partial charge in [-0.25, -0.2) is 9.97 Å². The number of hydrogen-bond acceptors (Lipinski definition) is 8. The quantitative estimate of drug-likeness (QED) is 0.385. The van der Waals surface area contributed by atoms with Gasteiger partial charge in [0.1, 0.15) is 11.6 Å². The maximum absolute atomic E-state index is 6.54. The van der Waals surface area contributed by atoms with Crippen molar-refractivity contribution >= 4 is 23.2 Å². The Bertz CT molecular complexity index is 947. The fourth-order valence-corrected chi connectivity index (χ4v) is 5.13. The number of ether oxygens (including phenoxy) is 2. The highest BCUT2D eigenvalue weighted by molar-refractivity contribution is 6.33. The van der Waals surface area contributed by atoms with Gasteiger partial charge in [-0.2, -0.15) is 0 Å². The molecule has 1 atom stereocenters. The van der Waals surface area contributed by atoms with Crippen LogP contribution in [0.4, 0.5) is 11.6 Å². The van der Waals surface area contributed by atoms with E-state index in [1.165, 1.54) is 0 Å². The monoisotopic (exact) mass is 502 g/mol. The molecule has 9 heteroatoms. The van der Waals surface area contributed by atoms with Crippen LogP contribution in [0.15, 0.2) is 30.5 Å². The first kappa shape index (κ1) is 26.1. The largest absolute Gasteiger partial charge is 0.383 e. The van der Waals surface area contributed by atoms with Crippen LogP contribution in [0.25, 0.3) is 11.3 Å². The molecule has 3 heterocycles. The molecule has 192 valence electrons. The zero-order valence-corrected chi connectivity index (χ0v) is 21.6. The van der Waals surface area contributed by atoms with Crippen molar-refractivity contribution in [1.82, 2.24) is 15.3 Å². The minimum absolute atomic E-state index is 0.266. The van der Waals surface area contributed by atoms with Crippen LogP contribution < -0.4 is 21.7 Å². The molecule has 2 fully saturated rings. The number of rotatable bonds is 10. The van der Waals surface area contributed by atoms with Crippen molar-refractivity contribution in [2.75, 3.05) is 44.1 Å². The Hall–Kier alpha value is -1.97. The molecule has 2 aromatic rings. The Morgan fingerprint density at radius 3 is 2.66 bits per heavy atom. The first-order valence-electron chi connectivity index (χ1n) is 12.7. The second kappa shape index (κ2) is 12.3. The lowest BCUT2D eigenvalue weighted by Gasteiger charge is -2.33. The van der Waals surface area contributed by atoms with Gasteiger partial charge in [0.2, 0.25) is 0 Å². The average Bonchev–Trinajstić information content (AvgIpc) is 2.86. The smallest absolute Gasteiger partial charge is 0.126 e. The van der Waals surface area contributed by atoms with E-state index in [-0.39, 0.29) is 5.54 Å². The molecule has 4 rings (SSSR count). The van der Waals surface area contributed by atoms with Crippen molar-refractivity contribution in [2.24, 2.45) is 5.73 Å². The van der Waals surface area contributed by atoms with Crippen molar-refractivity contribution in [1.29, 1.82) is 0 Å². The van der Waals surface area contributed by atoms with Crippen molar-refractivity contribution in [3.63, 3.8) is 0 Å². The van der Waals surface area contributed by atoms with Gasteiger partial charge in [-0.05, 0) is 63.6 Å². The van der Waals surface area contributed by atoms with Crippen LogP contribution in [0.5, 0.6) is 0 Å². The molecule has 2 aromatic heterocycles. The van der Waals surface area contributed by atoms with Crippen LogP contribution in [-0.2, 0) is 9.47 Å². The molecule has 1 aliphatic carbocycles. The predicted octanol–water partition coefficient (Wildman–Crippen LogP) is 4.06. The van der Waals surface area contributed by atoms with Crippen molar-refractivity contribution < 1.29 is 9.47 Å². The fraction of sp³-hybridized carbons (Fsp3) is 0.615. The molecule has 1 aliphatic heterocycles. The summed E-state index contributed by atoms with van der Waals surface area (Å²) in [4.78, 5) is 9.34. The normalized spacial score (nSPS) is 23.0. The molecule has 8 nitrogen and oxygen atoms in total. The number of nitrogens with two attached hydrogens (primary N) is 1. The third kappa shape index (κ3) is 7.51. The Morgan fingerprint density at radius 2 is 1.91 bits per heavy atom. The van der Waals surface area contributed by atoms with Crippen LogP contribution in [0, 0.1) is 0 Å². The molecule has 0 spiro atoms. The summed E-state index contributed by atoms with van der Waals surface area (Å²) in [6.07, 6.45) is 7.86. The molecular formula is C26H39ClN6O2. The van der Waals surface area contributed by atoms with E-state index >= 15 is 0 Å². The van der Waals surface area contributed by atoms with Gasteiger partial charge < -0.3 is 31.2 Å². The van der Waals surface area contributed by atoms with E-state index in [2.05, 4.69) is 27.9 Å². The maximum atomic E-state index is 6.54. The lowest BCUT2D eigenvalue weighted by molar-refractivity contribution is 0.0574. The maximum Gasteiger partial charge on any atom is 0.126 e. The van der Waals surface area contributed by atoms with Gasteiger partial charge in [-0.1, -0.05) is 17.7 Å². The number of nitrogens with one attached hydrogen (secondary N) is 3. The first-order valence-corrected chi connectivity index (χ1v) is 13.1. The van der Waals surface area contributed by atoms with Gasteiger partial charge in [0.25, 0.3) is 0 Å². The van der Waals surface area contributed by atoms with Crippen molar-refractivity contribution in [3.05, 3.63) is 35.5 Å². The predicted molar refractivity (Wildman–Crippen MR) is 142 cm³/mol. The van der Waals surface area contributed by atoms with Crippen molar-refractivity contribution in [3.8, 4) is 11.3 Å². The number of halogens is 1. The van der Waals surface area contributed by atoms with Crippen LogP contribution >= 0.6 is 11.6 Å². The molecular weight excluding hydrogens is 464 g/mol. The number of aromatic nitrogens is 2. The summed E-state index contributed by atoms with van der Waals surface area (Å²) in [5.74, 6) is 1.62. The Morgan fingerprint density at radius 1 is 1.17 bits per heavy atom. The van der Waals surface area contributed by atoms with E-state index in [0.717, 1.165) is 68.0 Å². The van der Waals surface area contributed by atoms with Gasteiger partial charge in [0, 0.05) is 62.3 Å². The lowest BCUT2D eigenvalue weighted by Crippen LogP contribution is -2.50. The van der Waals surface area contributed by atoms with E-state index in [0.29, 0.717) is 42.9 Å². The number of hydrogen-bond donors (Lipinski definition) is 4. The Labute approximate surface area is 213 Å². The minimum Gasteiger partial charge on any atom is -0.383 e. The summed E-state index contributed by atoms with van der Waals surface area (Å²) in [7, 11) is 1.75. The molecule has 5 N–H and O–H groups in total. The highest BCUT2D eigenvalue weighted by Gasteiger charge is 2.28. The van der Waals surface area contributed by atoms with E-state index < -0.39 is 0 Å². The second-order valence-electron chi connectivity index (χ2n) is 10.0.